The smallest absolute Gasteiger partial charge is 0.191 e. The van der Waals surface area contributed by atoms with Gasteiger partial charge in [-0.05, 0) is 27.2 Å². The largest absolute Gasteiger partial charge is 0.382 e. The van der Waals surface area contributed by atoms with Crippen molar-refractivity contribution in [3.05, 3.63) is 16.1 Å². The fourth-order valence-corrected chi connectivity index (χ4v) is 2.22. The van der Waals surface area contributed by atoms with Crippen LogP contribution in [0, 0.1) is 6.92 Å². The summed E-state index contributed by atoms with van der Waals surface area (Å²) < 4.78 is 5.30. The lowest BCUT2D eigenvalue weighted by atomic mass is 10.4. The van der Waals surface area contributed by atoms with E-state index in [9.17, 15) is 0 Å². The predicted octanol–water partition coefficient (Wildman–Crippen LogP) is 2.55. The van der Waals surface area contributed by atoms with E-state index in [1.54, 1.807) is 11.3 Å². The molecule has 7 heteroatoms. The van der Waals surface area contributed by atoms with E-state index in [4.69, 9.17) is 4.74 Å². The second-order valence-electron chi connectivity index (χ2n) is 4.02. The molecule has 0 saturated heterocycles. The highest BCUT2D eigenvalue weighted by molar-refractivity contribution is 14.0. The van der Waals surface area contributed by atoms with E-state index in [1.165, 1.54) is 4.88 Å². The summed E-state index contributed by atoms with van der Waals surface area (Å²) in [5, 5.41) is 7.62. The minimum Gasteiger partial charge on any atom is -0.382 e. The lowest BCUT2D eigenvalue weighted by Crippen LogP contribution is -2.38. The third-order valence-corrected chi connectivity index (χ3v) is 3.27. The Morgan fingerprint density at radius 3 is 2.80 bits per heavy atom. The number of aromatic nitrogens is 1. The molecular weight excluding hydrogens is 387 g/mol. The minimum absolute atomic E-state index is 0. The maximum Gasteiger partial charge on any atom is 0.191 e. The summed E-state index contributed by atoms with van der Waals surface area (Å²) in [7, 11) is 0. The zero-order valence-corrected chi connectivity index (χ0v) is 15.6. The Bertz CT molecular complexity index is 384. The molecule has 1 aromatic rings. The van der Waals surface area contributed by atoms with Gasteiger partial charge in [0, 0.05) is 37.4 Å². The van der Waals surface area contributed by atoms with Crippen molar-refractivity contribution in [3.63, 3.8) is 0 Å². The fraction of sp³-hybridized carbons (Fsp3) is 0.692. The van der Waals surface area contributed by atoms with Crippen LogP contribution in [-0.2, 0) is 11.3 Å². The van der Waals surface area contributed by atoms with Crippen LogP contribution in [0.5, 0.6) is 0 Å². The lowest BCUT2D eigenvalue weighted by molar-refractivity contribution is 0.145. The second-order valence-corrected chi connectivity index (χ2v) is 5.34. The minimum atomic E-state index is 0. The lowest BCUT2D eigenvalue weighted by Gasteiger charge is -2.10. The van der Waals surface area contributed by atoms with Crippen molar-refractivity contribution in [2.75, 3.05) is 26.3 Å². The summed E-state index contributed by atoms with van der Waals surface area (Å²) in [5.41, 5.74) is 0. The molecule has 0 aliphatic rings. The molecule has 0 amide bonds. The number of halogens is 1. The second kappa shape index (κ2) is 12.3. The van der Waals surface area contributed by atoms with Crippen LogP contribution in [0.25, 0.3) is 0 Å². The van der Waals surface area contributed by atoms with Crippen LogP contribution in [-0.4, -0.2) is 37.2 Å². The predicted molar refractivity (Wildman–Crippen MR) is 96.2 cm³/mol. The summed E-state index contributed by atoms with van der Waals surface area (Å²) >= 11 is 1.69. The van der Waals surface area contributed by atoms with Crippen molar-refractivity contribution < 1.29 is 4.74 Å². The maximum atomic E-state index is 5.30. The quantitative estimate of drug-likeness (QED) is 0.298. The van der Waals surface area contributed by atoms with Crippen LogP contribution in [0.3, 0.4) is 0 Å². The Kier molecular flexibility index (Phi) is 12.1. The van der Waals surface area contributed by atoms with Crippen molar-refractivity contribution >= 4 is 41.3 Å². The third-order valence-electron chi connectivity index (χ3n) is 2.37. The molecule has 0 radical (unpaired) electrons. The normalized spacial score (nSPS) is 11.1. The van der Waals surface area contributed by atoms with Crippen molar-refractivity contribution in [1.82, 2.24) is 15.6 Å². The number of hydrogen-bond acceptors (Lipinski definition) is 4. The van der Waals surface area contributed by atoms with Crippen LogP contribution in [0.2, 0.25) is 0 Å². The summed E-state index contributed by atoms with van der Waals surface area (Å²) in [6.07, 6.45) is 2.88. The molecule has 0 unspecified atom stereocenters. The number of aryl methyl sites for hydroxylation is 1. The van der Waals surface area contributed by atoms with Gasteiger partial charge in [-0.2, -0.15) is 0 Å². The van der Waals surface area contributed by atoms with Gasteiger partial charge in [-0.3, -0.25) is 0 Å². The van der Waals surface area contributed by atoms with E-state index >= 15 is 0 Å². The van der Waals surface area contributed by atoms with E-state index in [1.807, 2.05) is 20.0 Å². The number of thiazole rings is 1. The standard InChI is InChI=1S/C13H24N4OS.HI/c1-4-14-13(15-7-6-8-18-5-2)17-10-12-9-16-11(3)19-12;/h9H,4-8,10H2,1-3H3,(H2,14,15,17);1H. The average molecular weight is 412 g/mol. The summed E-state index contributed by atoms with van der Waals surface area (Å²) in [6.45, 7) is 10.0. The Balaban J connectivity index is 0.00000361. The van der Waals surface area contributed by atoms with Gasteiger partial charge in [0.25, 0.3) is 0 Å². The molecule has 0 aliphatic carbocycles. The molecule has 20 heavy (non-hydrogen) atoms. The van der Waals surface area contributed by atoms with Crippen LogP contribution in [0.4, 0.5) is 0 Å². The maximum absolute atomic E-state index is 5.30. The van der Waals surface area contributed by atoms with E-state index < -0.39 is 0 Å². The fourth-order valence-electron chi connectivity index (χ4n) is 1.50. The van der Waals surface area contributed by atoms with Gasteiger partial charge in [-0.1, -0.05) is 0 Å². The molecule has 2 N–H and O–H groups in total. The number of nitrogens with zero attached hydrogens (tertiary/aromatic N) is 2. The molecule has 0 spiro atoms. The van der Waals surface area contributed by atoms with Crippen molar-refractivity contribution in [1.29, 1.82) is 0 Å². The first-order chi connectivity index (χ1) is 9.26. The van der Waals surface area contributed by atoms with E-state index in [0.717, 1.165) is 43.7 Å². The third kappa shape index (κ3) is 8.70. The number of rotatable bonds is 8. The van der Waals surface area contributed by atoms with Gasteiger partial charge in [0.1, 0.15) is 0 Å². The highest BCUT2D eigenvalue weighted by Gasteiger charge is 1.99. The first-order valence-electron chi connectivity index (χ1n) is 6.77. The summed E-state index contributed by atoms with van der Waals surface area (Å²) in [4.78, 5) is 9.95. The molecule has 0 bridgehead atoms. The number of nitrogens with one attached hydrogen (secondary N) is 2. The van der Waals surface area contributed by atoms with Gasteiger partial charge >= 0.3 is 0 Å². The zero-order valence-electron chi connectivity index (χ0n) is 12.4. The molecule has 1 rings (SSSR count). The van der Waals surface area contributed by atoms with Gasteiger partial charge in [0.2, 0.25) is 0 Å². The van der Waals surface area contributed by atoms with Crippen LogP contribution < -0.4 is 10.6 Å². The zero-order chi connectivity index (χ0) is 13.9. The van der Waals surface area contributed by atoms with E-state index in [0.29, 0.717) is 6.54 Å². The van der Waals surface area contributed by atoms with Crippen molar-refractivity contribution in [2.24, 2.45) is 4.99 Å². The molecule has 1 aromatic heterocycles. The van der Waals surface area contributed by atoms with Gasteiger partial charge in [-0.25, -0.2) is 9.98 Å². The average Bonchev–Trinajstić information content (AvgIpc) is 2.81. The van der Waals surface area contributed by atoms with E-state index in [2.05, 4.69) is 27.5 Å². The molecule has 5 nitrogen and oxygen atoms in total. The highest BCUT2D eigenvalue weighted by atomic mass is 127. The molecule has 0 atom stereocenters. The number of guanidine groups is 1. The van der Waals surface area contributed by atoms with E-state index in [-0.39, 0.29) is 24.0 Å². The molecule has 0 aromatic carbocycles. The Hall–Kier alpha value is -0.410. The first-order valence-corrected chi connectivity index (χ1v) is 7.59. The molecule has 0 aliphatic heterocycles. The molecule has 0 saturated carbocycles. The highest BCUT2D eigenvalue weighted by Crippen LogP contribution is 2.12. The molecule has 0 fully saturated rings. The Labute approximate surface area is 142 Å². The Morgan fingerprint density at radius 1 is 1.40 bits per heavy atom. The Morgan fingerprint density at radius 2 is 2.20 bits per heavy atom. The monoisotopic (exact) mass is 412 g/mol. The molecule has 116 valence electrons. The number of aliphatic imine (C=N–C) groups is 1. The van der Waals surface area contributed by atoms with Gasteiger partial charge in [-0.15, -0.1) is 35.3 Å². The summed E-state index contributed by atoms with van der Waals surface area (Å²) in [6, 6.07) is 0. The van der Waals surface area contributed by atoms with Gasteiger partial charge in [0.05, 0.1) is 11.6 Å². The first kappa shape index (κ1) is 19.6. The number of ether oxygens (including phenoxy) is 1. The van der Waals surface area contributed by atoms with Crippen LogP contribution in [0.1, 0.15) is 30.2 Å². The molecule has 1 heterocycles. The molecular formula is C13H25IN4OS. The van der Waals surface area contributed by atoms with Gasteiger partial charge < -0.3 is 15.4 Å². The van der Waals surface area contributed by atoms with Crippen LogP contribution in [0.15, 0.2) is 11.2 Å². The number of hydrogen-bond donors (Lipinski definition) is 2. The van der Waals surface area contributed by atoms with Crippen molar-refractivity contribution in [2.45, 2.75) is 33.7 Å². The van der Waals surface area contributed by atoms with Crippen LogP contribution >= 0.6 is 35.3 Å². The SMILES string of the molecule is CCNC(=NCc1cnc(C)s1)NCCCOCC.I. The van der Waals surface area contributed by atoms with Gasteiger partial charge in [0.15, 0.2) is 5.96 Å². The summed E-state index contributed by atoms with van der Waals surface area (Å²) in [5.74, 6) is 0.852. The topological polar surface area (TPSA) is 58.5 Å². The van der Waals surface area contributed by atoms with Crippen molar-refractivity contribution in [3.8, 4) is 0 Å².